The number of fused-ring (bicyclic) bond motifs is 2. The molecule has 6 aromatic rings. The summed E-state index contributed by atoms with van der Waals surface area (Å²) in [5.74, 6) is 0.841. The van der Waals surface area contributed by atoms with Gasteiger partial charge < -0.3 is 4.98 Å². The summed E-state index contributed by atoms with van der Waals surface area (Å²) in [6, 6.07) is 14.4. The zero-order valence-electron chi connectivity index (χ0n) is 16.2. The zero-order valence-corrected chi connectivity index (χ0v) is 16.2. The fourth-order valence-corrected chi connectivity index (χ4v) is 3.85. The maximum Gasteiger partial charge on any atom is 0.147 e. The van der Waals surface area contributed by atoms with Crippen molar-refractivity contribution in [2.45, 2.75) is 6.92 Å². The molecular formula is C23H17N7. The van der Waals surface area contributed by atoms with Gasteiger partial charge in [-0.3, -0.25) is 14.6 Å². The summed E-state index contributed by atoms with van der Waals surface area (Å²) in [5, 5.41) is 9.82. The molecule has 0 unspecified atom stereocenters. The van der Waals surface area contributed by atoms with Gasteiger partial charge in [0.1, 0.15) is 17.8 Å². The van der Waals surface area contributed by atoms with Crippen LogP contribution in [0.25, 0.3) is 50.1 Å². The Morgan fingerprint density at radius 2 is 1.73 bits per heavy atom. The fraction of sp³-hybridized carbons (Fsp3) is 0.0435. The van der Waals surface area contributed by atoms with Gasteiger partial charge in [-0.05, 0) is 54.4 Å². The molecule has 0 aliphatic rings. The first-order valence-corrected chi connectivity index (χ1v) is 9.64. The van der Waals surface area contributed by atoms with Crippen LogP contribution >= 0.6 is 0 Å². The lowest BCUT2D eigenvalue weighted by atomic mass is 10.0. The third kappa shape index (κ3) is 2.60. The van der Waals surface area contributed by atoms with Crippen LogP contribution in [0.1, 0.15) is 5.69 Å². The lowest BCUT2D eigenvalue weighted by Gasteiger charge is -2.02. The molecule has 0 aliphatic heterocycles. The van der Waals surface area contributed by atoms with Crippen LogP contribution in [0, 0.1) is 6.92 Å². The quantitative estimate of drug-likeness (QED) is 0.459. The average Bonchev–Trinajstić information content (AvgIpc) is 3.51. The highest BCUT2D eigenvalue weighted by Gasteiger charge is 2.15. The molecule has 6 rings (SSSR count). The average molecular weight is 391 g/mol. The van der Waals surface area contributed by atoms with Gasteiger partial charge in [0.15, 0.2) is 0 Å². The second-order valence-electron chi connectivity index (χ2n) is 7.27. The number of aromatic nitrogens is 7. The van der Waals surface area contributed by atoms with E-state index in [9.17, 15) is 0 Å². The van der Waals surface area contributed by atoms with Gasteiger partial charge in [0.05, 0.1) is 22.4 Å². The topological polar surface area (TPSA) is 88.1 Å². The molecule has 5 heterocycles. The third-order valence-electron chi connectivity index (χ3n) is 5.31. The van der Waals surface area contributed by atoms with Crippen molar-refractivity contribution in [3.63, 3.8) is 0 Å². The molecule has 0 saturated carbocycles. The monoisotopic (exact) mass is 391 g/mol. The van der Waals surface area contributed by atoms with Crippen LogP contribution in [0.4, 0.5) is 0 Å². The molecule has 0 fully saturated rings. The third-order valence-corrected chi connectivity index (χ3v) is 5.31. The minimum absolute atomic E-state index is 0.841. The highest BCUT2D eigenvalue weighted by atomic mass is 15.1. The van der Waals surface area contributed by atoms with Crippen LogP contribution in [0.15, 0.2) is 73.6 Å². The maximum atomic E-state index is 4.59. The highest BCUT2D eigenvalue weighted by molar-refractivity contribution is 5.98. The Balaban J connectivity index is 1.52. The number of hydrogen-bond donors (Lipinski definition) is 2. The number of benzene rings is 1. The van der Waals surface area contributed by atoms with Crippen LogP contribution in [0.5, 0.6) is 0 Å². The number of aromatic amines is 2. The van der Waals surface area contributed by atoms with Gasteiger partial charge in [-0.15, -0.1) is 0 Å². The van der Waals surface area contributed by atoms with Gasteiger partial charge in [0.2, 0.25) is 0 Å². The van der Waals surface area contributed by atoms with Crippen LogP contribution in [0.3, 0.4) is 0 Å². The predicted octanol–water partition coefficient (Wildman–Crippen LogP) is 4.66. The minimum atomic E-state index is 0.841. The van der Waals surface area contributed by atoms with Crippen LogP contribution in [-0.4, -0.2) is 34.7 Å². The van der Waals surface area contributed by atoms with E-state index >= 15 is 0 Å². The largest absolute Gasteiger partial charge is 0.353 e. The van der Waals surface area contributed by atoms with E-state index in [4.69, 9.17) is 0 Å². The van der Waals surface area contributed by atoms with Gasteiger partial charge in [-0.25, -0.2) is 9.97 Å². The van der Waals surface area contributed by atoms with Gasteiger partial charge in [-0.1, -0.05) is 6.07 Å². The zero-order chi connectivity index (χ0) is 20.1. The molecular weight excluding hydrogens is 374 g/mol. The minimum Gasteiger partial charge on any atom is -0.353 e. The summed E-state index contributed by atoms with van der Waals surface area (Å²) in [6.07, 6.45) is 9.17. The van der Waals surface area contributed by atoms with Crippen molar-refractivity contribution in [3.8, 4) is 28.3 Å². The van der Waals surface area contributed by atoms with Gasteiger partial charge >= 0.3 is 0 Å². The second-order valence-corrected chi connectivity index (χ2v) is 7.27. The van der Waals surface area contributed by atoms with E-state index < -0.39 is 0 Å². The summed E-state index contributed by atoms with van der Waals surface area (Å²) in [5.41, 5.74) is 7.01. The Kier molecular flexibility index (Phi) is 3.55. The number of imidazole rings is 1. The molecule has 1 aromatic carbocycles. The summed E-state index contributed by atoms with van der Waals surface area (Å²) >= 11 is 0. The van der Waals surface area contributed by atoms with E-state index in [-0.39, 0.29) is 0 Å². The number of nitrogens with zero attached hydrogens (tertiary/aromatic N) is 5. The Labute approximate surface area is 171 Å². The van der Waals surface area contributed by atoms with Crippen molar-refractivity contribution in [3.05, 3.63) is 79.3 Å². The maximum absolute atomic E-state index is 4.59. The molecule has 0 bridgehead atoms. The molecule has 2 N–H and O–H groups in total. The molecule has 7 heteroatoms. The van der Waals surface area contributed by atoms with Crippen molar-refractivity contribution >= 4 is 21.8 Å². The number of pyridine rings is 2. The molecule has 30 heavy (non-hydrogen) atoms. The summed E-state index contributed by atoms with van der Waals surface area (Å²) in [4.78, 5) is 16.5. The normalized spacial score (nSPS) is 11.5. The van der Waals surface area contributed by atoms with E-state index in [1.165, 1.54) is 0 Å². The van der Waals surface area contributed by atoms with Gasteiger partial charge in [0, 0.05) is 35.6 Å². The molecule has 0 atom stereocenters. The SMILES string of the molecule is Cc1cn(-c2nccc3[nH]c(-c4n[nH]c5ccc(-c6ccncc6)cc45)cc23)cn1. The number of nitrogens with one attached hydrogen (secondary N) is 2. The van der Waals surface area contributed by atoms with Crippen molar-refractivity contribution in [2.24, 2.45) is 0 Å². The predicted molar refractivity (Wildman–Crippen MR) is 116 cm³/mol. The number of H-pyrrole nitrogens is 2. The van der Waals surface area contributed by atoms with Crippen molar-refractivity contribution in [2.75, 3.05) is 0 Å². The Morgan fingerprint density at radius 1 is 0.833 bits per heavy atom. The Morgan fingerprint density at radius 3 is 2.57 bits per heavy atom. The Hall–Kier alpha value is -4.26. The molecule has 0 spiro atoms. The fourth-order valence-electron chi connectivity index (χ4n) is 3.85. The van der Waals surface area contributed by atoms with E-state index in [0.29, 0.717) is 0 Å². The summed E-state index contributed by atoms with van der Waals surface area (Å²) < 4.78 is 1.94. The van der Waals surface area contributed by atoms with Crippen LogP contribution in [0.2, 0.25) is 0 Å². The van der Waals surface area contributed by atoms with Crippen LogP contribution in [-0.2, 0) is 0 Å². The van der Waals surface area contributed by atoms with Crippen molar-refractivity contribution in [1.82, 2.24) is 34.7 Å². The molecule has 0 amide bonds. The first kappa shape index (κ1) is 16.7. The molecule has 0 saturated heterocycles. The number of rotatable bonds is 3. The number of hydrogen-bond acceptors (Lipinski definition) is 4. The van der Waals surface area contributed by atoms with Crippen molar-refractivity contribution < 1.29 is 0 Å². The summed E-state index contributed by atoms with van der Waals surface area (Å²) in [6.45, 7) is 1.97. The second kappa shape index (κ2) is 6.38. The molecule has 0 aliphatic carbocycles. The standard InChI is InChI=1S/C23H17N7/c1-14-12-30(13-26-14)23-18-11-21(27-19(18)6-9-25-23)22-17-10-16(2-3-20(17)28-29-22)15-4-7-24-8-5-15/h2-13,27H,1H3,(H,28,29). The number of aryl methyl sites for hydroxylation is 1. The lowest BCUT2D eigenvalue weighted by molar-refractivity contribution is 1.01. The first-order chi connectivity index (χ1) is 14.8. The Bertz CT molecular complexity index is 1510. The van der Waals surface area contributed by atoms with Gasteiger partial charge in [-0.2, -0.15) is 5.10 Å². The molecule has 5 aromatic heterocycles. The lowest BCUT2D eigenvalue weighted by Crippen LogP contribution is -1.94. The first-order valence-electron chi connectivity index (χ1n) is 9.64. The molecule has 7 nitrogen and oxygen atoms in total. The van der Waals surface area contributed by atoms with Gasteiger partial charge in [0.25, 0.3) is 0 Å². The smallest absolute Gasteiger partial charge is 0.147 e. The summed E-state index contributed by atoms with van der Waals surface area (Å²) in [7, 11) is 0. The highest BCUT2D eigenvalue weighted by Crippen LogP contribution is 2.32. The van der Waals surface area contributed by atoms with E-state index in [1.54, 1.807) is 24.9 Å². The van der Waals surface area contributed by atoms with Crippen molar-refractivity contribution in [1.29, 1.82) is 0 Å². The van der Waals surface area contributed by atoms with E-state index in [2.05, 4.69) is 54.4 Å². The molecule has 0 radical (unpaired) electrons. The van der Waals surface area contributed by atoms with E-state index in [1.807, 2.05) is 35.9 Å². The van der Waals surface area contributed by atoms with E-state index in [0.717, 1.165) is 55.8 Å². The van der Waals surface area contributed by atoms with Crippen LogP contribution < -0.4 is 0 Å². The molecule has 144 valence electrons.